The van der Waals surface area contributed by atoms with Crippen molar-refractivity contribution in [3.63, 3.8) is 0 Å². The topological polar surface area (TPSA) is 47.6 Å². The molecular weight excluding hydrogens is 218 g/mol. The molecule has 1 heterocycles. The number of hydrogen-bond donors (Lipinski definition) is 1. The minimum atomic E-state index is -0.151. The van der Waals surface area contributed by atoms with Crippen molar-refractivity contribution >= 4 is 5.97 Å². The van der Waals surface area contributed by atoms with Crippen LogP contribution in [0.5, 0.6) is 0 Å². The summed E-state index contributed by atoms with van der Waals surface area (Å²) in [5.41, 5.74) is 0. The van der Waals surface area contributed by atoms with E-state index in [-0.39, 0.29) is 12.0 Å². The smallest absolute Gasteiger partial charge is 0.323 e. The van der Waals surface area contributed by atoms with E-state index in [1.165, 1.54) is 6.42 Å². The third-order valence-corrected chi connectivity index (χ3v) is 3.06. The molecule has 1 aliphatic rings. The third-order valence-electron chi connectivity index (χ3n) is 3.06. The normalized spacial score (nSPS) is 22.1. The molecule has 2 atom stereocenters. The van der Waals surface area contributed by atoms with Crippen LogP contribution in [-0.4, -0.2) is 38.4 Å². The molecule has 1 fully saturated rings. The van der Waals surface area contributed by atoms with Gasteiger partial charge in [0.15, 0.2) is 0 Å². The SMILES string of the molecule is CCCC(NCC1CCCOC1)C(=O)OCC. The van der Waals surface area contributed by atoms with Crippen molar-refractivity contribution in [3.8, 4) is 0 Å². The van der Waals surface area contributed by atoms with Crippen molar-refractivity contribution in [2.24, 2.45) is 5.92 Å². The van der Waals surface area contributed by atoms with E-state index < -0.39 is 0 Å². The van der Waals surface area contributed by atoms with Gasteiger partial charge in [-0.2, -0.15) is 0 Å². The van der Waals surface area contributed by atoms with Crippen LogP contribution in [0.25, 0.3) is 0 Å². The second-order valence-corrected chi connectivity index (χ2v) is 4.58. The Morgan fingerprint density at radius 3 is 2.94 bits per heavy atom. The minimum Gasteiger partial charge on any atom is -0.465 e. The van der Waals surface area contributed by atoms with E-state index in [9.17, 15) is 4.79 Å². The molecule has 0 saturated carbocycles. The Kier molecular flexibility index (Phi) is 7.21. The summed E-state index contributed by atoms with van der Waals surface area (Å²) >= 11 is 0. The molecule has 0 bridgehead atoms. The average molecular weight is 243 g/mol. The van der Waals surface area contributed by atoms with Gasteiger partial charge in [0, 0.05) is 13.2 Å². The molecule has 1 saturated heterocycles. The highest BCUT2D eigenvalue weighted by molar-refractivity contribution is 5.75. The molecule has 0 aliphatic carbocycles. The van der Waals surface area contributed by atoms with Crippen LogP contribution in [-0.2, 0) is 14.3 Å². The quantitative estimate of drug-likeness (QED) is 0.692. The summed E-state index contributed by atoms with van der Waals surface area (Å²) in [7, 11) is 0. The Balaban J connectivity index is 2.29. The lowest BCUT2D eigenvalue weighted by molar-refractivity contribution is -0.146. The number of esters is 1. The second kappa shape index (κ2) is 8.48. The molecule has 4 nitrogen and oxygen atoms in total. The first-order valence-corrected chi connectivity index (χ1v) is 6.75. The molecule has 17 heavy (non-hydrogen) atoms. The first kappa shape index (κ1) is 14.5. The van der Waals surface area contributed by atoms with Crippen LogP contribution in [0.1, 0.15) is 39.5 Å². The van der Waals surface area contributed by atoms with Gasteiger partial charge in [-0.25, -0.2) is 0 Å². The Morgan fingerprint density at radius 2 is 2.35 bits per heavy atom. The maximum absolute atomic E-state index is 11.7. The van der Waals surface area contributed by atoms with E-state index in [0.717, 1.165) is 39.0 Å². The molecule has 1 rings (SSSR count). The van der Waals surface area contributed by atoms with Gasteiger partial charge in [-0.15, -0.1) is 0 Å². The summed E-state index contributed by atoms with van der Waals surface area (Å²) < 4.78 is 10.5. The van der Waals surface area contributed by atoms with Crippen molar-refractivity contribution in [2.75, 3.05) is 26.4 Å². The fourth-order valence-corrected chi connectivity index (χ4v) is 2.11. The maximum Gasteiger partial charge on any atom is 0.323 e. The van der Waals surface area contributed by atoms with Gasteiger partial charge in [0.05, 0.1) is 13.2 Å². The van der Waals surface area contributed by atoms with Crippen molar-refractivity contribution in [3.05, 3.63) is 0 Å². The number of ether oxygens (including phenoxy) is 2. The monoisotopic (exact) mass is 243 g/mol. The maximum atomic E-state index is 11.7. The molecule has 0 amide bonds. The predicted molar refractivity (Wildman–Crippen MR) is 66.9 cm³/mol. The molecule has 0 aromatic rings. The highest BCUT2D eigenvalue weighted by atomic mass is 16.5. The van der Waals surface area contributed by atoms with Crippen molar-refractivity contribution in [1.82, 2.24) is 5.32 Å². The van der Waals surface area contributed by atoms with Gasteiger partial charge in [0.2, 0.25) is 0 Å². The molecule has 4 heteroatoms. The predicted octanol–water partition coefficient (Wildman–Crippen LogP) is 1.73. The van der Waals surface area contributed by atoms with Crippen molar-refractivity contribution in [1.29, 1.82) is 0 Å². The first-order valence-electron chi connectivity index (χ1n) is 6.75. The number of nitrogens with one attached hydrogen (secondary N) is 1. The summed E-state index contributed by atoms with van der Waals surface area (Å²) in [6.45, 7) is 6.92. The van der Waals surface area contributed by atoms with E-state index in [1.54, 1.807) is 0 Å². The fourth-order valence-electron chi connectivity index (χ4n) is 2.11. The molecule has 0 aromatic carbocycles. The van der Waals surface area contributed by atoms with Gasteiger partial charge in [-0.1, -0.05) is 13.3 Å². The first-order chi connectivity index (χ1) is 8.27. The summed E-state index contributed by atoms with van der Waals surface area (Å²) in [5, 5.41) is 3.32. The van der Waals surface area contributed by atoms with Crippen molar-refractivity contribution < 1.29 is 14.3 Å². The lowest BCUT2D eigenvalue weighted by Crippen LogP contribution is -2.42. The van der Waals surface area contributed by atoms with Gasteiger partial charge >= 0.3 is 5.97 Å². The minimum absolute atomic E-state index is 0.119. The molecule has 2 unspecified atom stereocenters. The van der Waals surface area contributed by atoms with Gasteiger partial charge < -0.3 is 14.8 Å². The van der Waals surface area contributed by atoms with Crippen LogP contribution in [0.4, 0.5) is 0 Å². The van der Waals surface area contributed by atoms with E-state index in [1.807, 2.05) is 6.92 Å². The average Bonchev–Trinajstić information content (AvgIpc) is 2.36. The van der Waals surface area contributed by atoms with Gasteiger partial charge in [0.25, 0.3) is 0 Å². The third kappa shape index (κ3) is 5.50. The van der Waals surface area contributed by atoms with Crippen LogP contribution >= 0.6 is 0 Å². The van der Waals surface area contributed by atoms with Crippen LogP contribution in [0, 0.1) is 5.92 Å². The molecule has 100 valence electrons. The molecule has 0 aromatic heterocycles. The summed E-state index contributed by atoms with van der Waals surface area (Å²) in [4.78, 5) is 11.7. The standard InChI is InChI=1S/C13H25NO3/c1-3-6-12(13(15)17-4-2)14-9-11-7-5-8-16-10-11/h11-12,14H,3-10H2,1-2H3. The summed E-state index contributed by atoms with van der Waals surface area (Å²) in [6.07, 6.45) is 4.14. The molecule has 1 N–H and O–H groups in total. The zero-order valence-electron chi connectivity index (χ0n) is 11.0. The van der Waals surface area contributed by atoms with Crippen LogP contribution in [0.15, 0.2) is 0 Å². The number of rotatable bonds is 7. The summed E-state index contributed by atoms with van der Waals surface area (Å²) in [5.74, 6) is 0.420. The zero-order chi connectivity index (χ0) is 12.5. The Labute approximate surface area is 104 Å². The zero-order valence-corrected chi connectivity index (χ0v) is 11.0. The second-order valence-electron chi connectivity index (χ2n) is 4.58. The number of hydrogen-bond acceptors (Lipinski definition) is 4. The lowest BCUT2D eigenvalue weighted by atomic mass is 10.0. The van der Waals surface area contributed by atoms with E-state index in [2.05, 4.69) is 12.2 Å². The molecular formula is C13H25NO3. The Hall–Kier alpha value is -0.610. The van der Waals surface area contributed by atoms with Crippen LogP contribution < -0.4 is 5.32 Å². The summed E-state index contributed by atoms with van der Waals surface area (Å²) in [6, 6.07) is -0.151. The largest absolute Gasteiger partial charge is 0.465 e. The molecule has 1 aliphatic heterocycles. The Bertz CT molecular complexity index is 215. The number of carbonyl (C=O) groups excluding carboxylic acids is 1. The highest BCUT2D eigenvalue weighted by Gasteiger charge is 2.21. The van der Waals surface area contributed by atoms with E-state index in [4.69, 9.17) is 9.47 Å². The van der Waals surface area contributed by atoms with E-state index >= 15 is 0 Å². The van der Waals surface area contributed by atoms with E-state index in [0.29, 0.717) is 12.5 Å². The molecule has 0 radical (unpaired) electrons. The van der Waals surface area contributed by atoms with Crippen LogP contribution in [0.2, 0.25) is 0 Å². The number of carbonyl (C=O) groups is 1. The lowest BCUT2D eigenvalue weighted by Gasteiger charge is -2.24. The van der Waals surface area contributed by atoms with Gasteiger partial charge in [-0.3, -0.25) is 4.79 Å². The Morgan fingerprint density at radius 1 is 1.53 bits per heavy atom. The fraction of sp³-hybridized carbons (Fsp3) is 0.923. The van der Waals surface area contributed by atoms with Crippen LogP contribution in [0.3, 0.4) is 0 Å². The molecule has 0 spiro atoms. The van der Waals surface area contributed by atoms with Crippen molar-refractivity contribution in [2.45, 2.75) is 45.6 Å². The van der Waals surface area contributed by atoms with Gasteiger partial charge in [-0.05, 0) is 32.1 Å². The highest BCUT2D eigenvalue weighted by Crippen LogP contribution is 2.13. The van der Waals surface area contributed by atoms with Gasteiger partial charge in [0.1, 0.15) is 6.04 Å².